The van der Waals surface area contributed by atoms with E-state index in [-0.39, 0.29) is 11.7 Å². The number of hydrogen-bond donors (Lipinski definition) is 1. The SMILES string of the molecule is CN(Cc1cccc(C=CC(=O)O)c1)C(=O)c1ccno1. The van der Waals surface area contributed by atoms with Crippen molar-refractivity contribution in [2.75, 3.05) is 7.05 Å². The van der Waals surface area contributed by atoms with Crippen molar-refractivity contribution in [3.05, 3.63) is 59.5 Å². The maximum absolute atomic E-state index is 12.0. The number of rotatable bonds is 5. The van der Waals surface area contributed by atoms with Gasteiger partial charge in [-0.15, -0.1) is 0 Å². The van der Waals surface area contributed by atoms with Crippen LogP contribution >= 0.6 is 0 Å². The molecular weight excluding hydrogens is 272 g/mol. The summed E-state index contributed by atoms with van der Waals surface area (Å²) in [5.74, 6) is -1.09. The summed E-state index contributed by atoms with van der Waals surface area (Å²) < 4.78 is 4.83. The zero-order valence-corrected chi connectivity index (χ0v) is 11.4. The van der Waals surface area contributed by atoms with Crippen LogP contribution in [0.4, 0.5) is 0 Å². The lowest BCUT2D eigenvalue weighted by atomic mass is 10.1. The summed E-state index contributed by atoms with van der Waals surface area (Å²) in [6.45, 7) is 0.383. The lowest BCUT2D eigenvalue weighted by Gasteiger charge is -2.15. The zero-order valence-electron chi connectivity index (χ0n) is 11.4. The maximum Gasteiger partial charge on any atom is 0.328 e. The Morgan fingerprint density at radius 2 is 2.19 bits per heavy atom. The Balaban J connectivity index is 2.07. The van der Waals surface area contributed by atoms with Gasteiger partial charge in [0.2, 0.25) is 5.76 Å². The molecule has 21 heavy (non-hydrogen) atoms. The second-order valence-corrected chi connectivity index (χ2v) is 4.45. The maximum atomic E-state index is 12.0. The van der Waals surface area contributed by atoms with Gasteiger partial charge in [0.15, 0.2) is 0 Å². The van der Waals surface area contributed by atoms with E-state index in [1.54, 1.807) is 13.1 Å². The standard InChI is InChI=1S/C15H14N2O4/c1-17(15(20)13-7-8-16-21-13)10-12-4-2-3-11(9-12)5-6-14(18)19/h2-9H,10H2,1H3,(H,18,19). The fourth-order valence-electron chi connectivity index (χ4n) is 1.82. The van der Waals surface area contributed by atoms with Crippen LogP contribution in [0.3, 0.4) is 0 Å². The van der Waals surface area contributed by atoms with E-state index in [0.717, 1.165) is 17.2 Å². The average Bonchev–Trinajstić information content (AvgIpc) is 2.98. The van der Waals surface area contributed by atoms with E-state index in [4.69, 9.17) is 9.63 Å². The van der Waals surface area contributed by atoms with Gasteiger partial charge in [-0.2, -0.15) is 0 Å². The van der Waals surface area contributed by atoms with Gasteiger partial charge < -0.3 is 14.5 Å². The number of amides is 1. The van der Waals surface area contributed by atoms with Crippen molar-refractivity contribution in [2.45, 2.75) is 6.54 Å². The molecule has 0 saturated carbocycles. The zero-order chi connectivity index (χ0) is 15.2. The van der Waals surface area contributed by atoms with Gasteiger partial charge in [-0.1, -0.05) is 23.4 Å². The van der Waals surface area contributed by atoms with E-state index in [1.807, 2.05) is 18.2 Å². The topological polar surface area (TPSA) is 83.6 Å². The summed E-state index contributed by atoms with van der Waals surface area (Å²) in [6.07, 6.45) is 3.99. The Kier molecular flexibility index (Phi) is 4.50. The van der Waals surface area contributed by atoms with Gasteiger partial charge >= 0.3 is 5.97 Å². The van der Waals surface area contributed by atoms with Gasteiger partial charge in [0.05, 0.1) is 6.20 Å². The third-order valence-corrected chi connectivity index (χ3v) is 2.78. The molecule has 0 radical (unpaired) electrons. The Morgan fingerprint density at radius 3 is 2.86 bits per heavy atom. The fourth-order valence-corrected chi connectivity index (χ4v) is 1.82. The summed E-state index contributed by atoms with van der Waals surface area (Å²) in [6, 6.07) is 8.79. The monoisotopic (exact) mass is 286 g/mol. The van der Waals surface area contributed by atoms with E-state index in [9.17, 15) is 9.59 Å². The van der Waals surface area contributed by atoms with Crippen LogP contribution in [0.5, 0.6) is 0 Å². The largest absolute Gasteiger partial charge is 0.478 e. The second-order valence-electron chi connectivity index (χ2n) is 4.45. The molecule has 2 aromatic rings. The third-order valence-electron chi connectivity index (χ3n) is 2.78. The van der Waals surface area contributed by atoms with Crippen molar-refractivity contribution >= 4 is 18.0 Å². The van der Waals surface area contributed by atoms with Crippen molar-refractivity contribution in [2.24, 2.45) is 0 Å². The van der Waals surface area contributed by atoms with Crippen LogP contribution in [0.2, 0.25) is 0 Å². The average molecular weight is 286 g/mol. The van der Waals surface area contributed by atoms with Crippen molar-refractivity contribution < 1.29 is 19.2 Å². The molecule has 0 bridgehead atoms. The number of aliphatic carboxylic acids is 1. The smallest absolute Gasteiger partial charge is 0.328 e. The lowest BCUT2D eigenvalue weighted by Crippen LogP contribution is -2.25. The number of benzene rings is 1. The minimum atomic E-state index is -1.00. The molecule has 1 aromatic carbocycles. The van der Waals surface area contributed by atoms with E-state index in [1.165, 1.54) is 23.2 Å². The van der Waals surface area contributed by atoms with Crippen LogP contribution in [-0.2, 0) is 11.3 Å². The number of carbonyl (C=O) groups excluding carboxylic acids is 1. The predicted octanol–water partition coefficient (Wildman–Crippen LogP) is 2.04. The first kappa shape index (κ1) is 14.5. The van der Waals surface area contributed by atoms with Gasteiger partial charge in [0, 0.05) is 25.7 Å². The van der Waals surface area contributed by atoms with Crippen molar-refractivity contribution in [3.8, 4) is 0 Å². The predicted molar refractivity (Wildman–Crippen MR) is 75.4 cm³/mol. The number of carboxylic acids is 1. The molecule has 0 aliphatic rings. The first-order valence-corrected chi connectivity index (χ1v) is 6.22. The van der Waals surface area contributed by atoms with Crippen molar-refractivity contribution in [3.63, 3.8) is 0 Å². The molecule has 1 N–H and O–H groups in total. The minimum absolute atomic E-state index is 0.180. The summed E-state index contributed by atoms with van der Waals surface area (Å²) in [5.41, 5.74) is 1.65. The summed E-state index contributed by atoms with van der Waals surface area (Å²) in [5, 5.41) is 12.1. The summed E-state index contributed by atoms with van der Waals surface area (Å²) in [7, 11) is 1.66. The van der Waals surface area contributed by atoms with Crippen LogP contribution in [0.1, 0.15) is 21.7 Å². The molecule has 6 nitrogen and oxygen atoms in total. The lowest BCUT2D eigenvalue weighted by molar-refractivity contribution is -0.131. The highest BCUT2D eigenvalue weighted by Crippen LogP contribution is 2.11. The molecule has 1 heterocycles. The number of carbonyl (C=O) groups is 2. The summed E-state index contributed by atoms with van der Waals surface area (Å²) in [4.78, 5) is 24.0. The molecule has 108 valence electrons. The van der Waals surface area contributed by atoms with Crippen LogP contribution in [0.15, 0.2) is 47.1 Å². The molecule has 0 aliphatic carbocycles. The normalized spacial score (nSPS) is 10.7. The van der Waals surface area contributed by atoms with E-state index >= 15 is 0 Å². The van der Waals surface area contributed by atoms with Crippen LogP contribution < -0.4 is 0 Å². The molecule has 0 atom stereocenters. The molecular formula is C15H14N2O4. The number of hydrogen-bond acceptors (Lipinski definition) is 4. The summed E-state index contributed by atoms with van der Waals surface area (Å²) >= 11 is 0. The van der Waals surface area contributed by atoms with Gasteiger partial charge in [-0.25, -0.2) is 4.79 Å². The molecule has 1 amide bonds. The molecule has 0 fully saturated rings. The first-order chi connectivity index (χ1) is 10.1. The molecule has 0 saturated heterocycles. The van der Waals surface area contributed by atoms with Gasteiger partial charge in [0.25, 0.3) is 5.91 Å². The van der Waals surface area contributed by atoms with Crippen LogP contribution in [0, 0.1) is 0 Å². The highest BCUT2D eigenvalue weighted by atomic mass is 16.5. The van der Waals surface area contributed by atoms with Gasteiger partial charge in [0.1, 0.15) is 0 Å². The molecule has 0 aliphatic heterocycles. The van der Waals surface area contributed by atoms with Crippen LogP contribution in [-0.4, -0.2) is 34.1 Å². The Labute approximate surface area is 121 Å². The highest BCUT2D eigenvalue weighted by Gasteiger charge is 2.15. The highest BCUT2D eigenvalue weighted by molar-refractivity contribution is 5.91. The Morgan fingerprint density at radius 1 is 1.38 bits per heavy atom. The molecule has 2 rings (SSSR count). The quantitative estimate of drug-likeness (QED) is 0.850. The van der Waals surface area contributed by atoms with Gasteiger partial charge in [-0.05, 0) is 23.3 Å². The van der Waals surface area contributed by atoms with E-state index in [2.05, 4.69) is 5.16 Å². The Bertz CT molecular complexity index is 662. The fraction of sp³-hybridized carbons (Fsp3) is 0.133. The molecule has 6 heteroatoms. The number of nitrogens with zero attached hydrogens (tertiary/aromatic N) is 2. The second kappa shape index (κ2) is 6.51. The van der Waals surface area contributed by atoms with Crippen molar-refractivity contribution in [1.29, 1.82) is 0 Å². The first-order valence-electron chi connectivity index (χ1n) is 6.22. The Hall–Kier alpha value is -2.89. The van der Waals surface area contributed by atoms with Crippen molar-refractivity contribution in [1.82, 2.24) is 10.1 Å². The van der Waals surface area contributed by atoms with E-state index < -0.39 is 5.97 Å². The van der Waals surface area contributed by atoms with Gasteiger partial charge in [-0.3, -0.25) is 4.79 Å². The third kappa shape index (κ3) is 4.04. The molecule has 0 unspecified atom stereocenters. The minimum Gasteiger partial charge on any atom is -0.478 e. The molecule has 1 aromatic heterocycles. The number of carboxylic acid groups (broad SMARTS) is 1. The molecule has 0 spiro atoms. The van der Waals surface area contributed by atoms with Crippen LogP contribution in [0.25, 0.3) is 6.08 Å². The van der Waals surface area contributed by atoms with E-state index in [0.29, 0.717) is 6.54 Å². The number of aromatic nitrogens is 1.